The van der Waals surface area contributed by atoms with Crippen molar-refractivity contribution in [2.75, 3.05) is 5.32 Å². The summed E-state index contributed by atoms with van der Waals surface area (Å²) in [6.07, 6.45) is 1.84. The van der Waals surface area contributed by atoms with Crippen molar-refractivity contribution in [1.82, 2.24) is 14.6 Å². The van der Waals surface area contributed by atoms with Crippen LogP contribution in [-0.2, 0) is 6.54 Å². The molecule has 0 unspecified atom stereocenters. The number of fused-ring (bicyclic) bond motifs is 1. The maximum atomic E-state index is 5.95. The summed E-state index contributed by atoms with van der Waals surface area (Å²) >= 11 is 7.49. The van der Waals surface area contributed by atoms with E-state index in [9.17, 15) is 0 Å². The van der Waals surface area contributed by atoms with Crippen molar-refractivity contribution in [3.8, 4) is 11.3 Å². The SMILES string of the molecule is Clc1ccc(-c2cnc3sc(NCc4ccccc4)nn23)cc1. The Bertz CT molecular complexity index is 928. The van der Waals surface area contributed by atoms with Gasteiger partial charge >= 0.3 is 0 Å². The molecule has 4 nitrogen and oxygen atoms in total. The number of halogens is 1. The first-order chi connectivity index (χ1) is 11.3. The summed E-state index contributed by atoms with van der Waals surface area (Å²) in [5, 5.41) is 9.54. The van der Waals surface area contributed by atoms with Crippen LogP contribution in [0.1, 0.15) is 5.56 Å². The zero-order valence-electron chi connectivity index (χ0n) is 12.1. The number of rotatable bonds is 4. The third-order valence-corrected chi connectivity index (χ3v) is 4.64. The molecule has 0 atom stereocenters. The van der Waals surface area contributed by atoms with Gasteiger partial charge < -0.3 is 5.32 Å². The smallest absolute Gasteiger partial charge is 0.214 e. The van der Waals surface area contributed by atoms with Crippen LogP contribution in [0, 0.1) is 0 Å². The summed E-state index contributed by atoms with van der Waals surface area (Å²) < 4.78 is 1.86. The quantitative estimate of drug-likeness (QED) is 0.584. The highest BCUT2D eigenvalue weighted by Gasteiger charge is 2.11. The molecule has 2 aromatic carbocycles. The van der Waals surface area contributed by atoms with E-state index in [1.54, 1.807) is 0 Å². The summed E-state index contributed by atoms with van der Waals surface area (Å²) in [7, 11) is 0. The number of nitrogens with one attached hydrogen (secondary N) is 1. The highest BCUT2D eigenvalue weighted by Crippen LogP contribution is 2.27. The zero-order valence-corrected chi connectivity index (χ0v) is 13.7. The van der Waals surface area contributed by atoms with E-state index in [1.165, 1.54) is 16.9 Å². The van der Waals surface area contributed by atoms with Crippen molar-refractivity contribution >= 4 is 33.0 Å². The van der Waals surface area contributed by atoms with E-state index >= 15 is 0 Å². The van der Waals surface area contributed by atoms with Crippen LogP contribution in [0.25, 0.3) is 16.2 Å². The number of hydrogen-bond donors (Lipinski definition) is 1. The molecule has 1 N–H and O–H groups in total. The molecule has 0 fully saturated rings. The molecular formula is C17H13ClN4S. The van der Waals surface area contributed by atoms with Gasteiger partial charge in [-0.05, 0) is 17.7 Å². The first-order valence-electron chi connectivity index (χ1n) is 7.18. The lowest BCUT2D eigenvalue weighted by atomic mass is 10.2. The Morgan fingerprint density at radius 2 is 1.83 bits per heavy atom. The third-order valence-electron chi connectivity index (χ3n) is 3.51. The molecule has 0 aliphatic rings. The van der Waals surface area contributed by atoms with Crippen molar-refractivity contribution in [3.63, 3.8) is 0 Å². The van der Waals surface area contributed by atoms with Crippen LogP contribution in [0.15, 0.2) is 60.8 Å². The number of hydrogen-bond acceptors (Lipinski definition) is 4. The molecule has 0 aliphatic heterocycles. The topological polar surface area (TPSA) is 42.2 Å². The minimum atomic E-state index is 0.720. The Balaban J connectivity index is 1.60. The highest BCUT2D eigenvalue weighted by molar-refractivity contribution is 7.20. The van der Waals surface area contributed by atoms with Crippen LogP contribution >= 0.6 is 22.9 Å². The van der Waals surface area contributed by atoms with E-state index < -0.39 is 0 Å². The second-order valence-electron chi connectivity index (χ2n) is 5.09. The van der Waals surface area contributed by atoms with Gasteiger partial charge in [0.15, 0.2) is 0 Å². The molecule has 0 radical (unpaired) electrons. The first-order valence-corrected chi connectivity index (χ1v) is 8.37. The maximum Gasteiger partial charge on any atom is 0.214 e. The Morgan fingerprint density at radius 3 is 2.61 bits per heavy atom. The Labute approximate surface area is 142 Å². The van der Waals surface area contributed by atoms with E-state index in [4.69, 9.17) is 11.6 Å². The van der Waals surface area contributed by atoms with Gasteiger partial charge in [-0.25, -0.2) is 9.50 Å². The second-order valence-corrected chi connectivity index (χ2v) is 6.48. The van der Waals surface area contributed by atoms with Crippen LogP contribution in [0.2, 0.25) is 5.02 Å². The Hall–Kier alpha value is -2.37. The molecule has 2 aromatic heterocycles. The summed E-state index contributed by atoms with van der Waals surface area (Å²) in [4.78, 5) is 5.31. The maximum absolute atomic E-state index is 5.95. The second kappa shape index (κ2) is 6.02. The van der Waals surface area contributed by atoms with Gasteiger partial charge in [-0.1, -0.05) is 65.4 Å². The number of nitrogens with zero attached hydrogens (tertiary/aromatic N) is 3. The molecule has 0 saturated heterocycles. The molecule has 6 heteroatoms. The number of anilines is 1. The molecule has 0 spiro atoms. The first kappa shape index (κ1) is 14.2. The van der Waals surface area contributed by atoms with Crippen LogP contribution < -0.4 is 5.32 Å². The molecule has 0 amide bonds. The Morgan fingerprint density at radius 1 is 1.04 bits per heavy atom. The third kappa shape index (κ3) is 2.93. The van der Waals surface area contributed by atoms with Gasteiger partial charge in [0, 0.05) is 17.1 Å². The van der Waals surface area contributed by atoms with Gasteiger partial charge in [0.1, 0.15) is 0 Å². The minimum Gasteiger partial charge on any atom is -0.356 e. The van der Waals surface area contributed by atoms with Gasteiger partial charge in [-0.15, -0.1) is 5.10 Å². The zero-order chi connectivity index (χ0) is 15.6. The molecule has 114 valence electrons. The van der Waals surface area contributed by atoms with E-state index in [1.807, 2.05) is 53.2 Å². The summed E-state index contributed by atoms with van der Waals surface area (Å²) in [6, 6.07) is 17.9. The summed E-state index contributed by atoms with van der Waals surface area (Å²) in [5.41, 5.74) is 3.22. The Kier molecular flexibility index (Phi) is 3.73. The average Bonchev–Trinajstić information content (AvgIpc) is 3.15. The molecule has 4 aromatic rings. The predicted octanol–water partition coefficient (Wildman–Crippen LogP) is 4.72. The van der Waals surface area contributed by atoms with Gasteiger partial charge in [0.05, 0.1) is 11.9 Å². The monoisotopic (exact) mass is 340 g/mol. The van der Waals surface area contributed by atoms with Crippen LogP contribution in [0.4, 0.5) is 5.13 Å². The number of aromatic nitrogens is 3. The van der Waals surface area contributed by atoms with Crippen molar-refractivity contribution in [3.05, 3.63) is 71.4 Å². The minimum absolute atomic E-state index is 0.720. The highest BCUT2D eigenvalue weighted by atomic mass is 35.5. The standard InChI is InChI=1S/C17H13ClN4S/c18-14-8-6-13(7-9-14)15-11-20-17-22(15)21-16(23-17)19-10-12-4-2-1-3-5-12/h1-9,11H,10H2,(H,19,21). The van der Waals surface area contributed by atoms with Crippen LogP contribution in [0.3, 0.4) is 0 Å². The normalized spacial score (nSPS) is 11.0. The van der Waals surface area contributed by atoms with Gasteiger partial charge in [-0.3, -0.25) is 0 Å². The molecule has 4 rings (SSSR count). The average molecular weight is 341 g/mol. The van der Waals surface area contributed by atoms with E-state index in [2.05, 4.69) is 27.5 Å². The molecule has 0 aliphatic carbocycles. The largest absolute Gasteiger partial charge is 0.356 e. The number of benzene rings is 2. The van der Waals surface area contributed by atoms with E-state index in [0.717, 1.165) is 32.9 Å². The molecule has 0 bridgehead atoms. The summed E-state index contributed by atoms with van der Waals surface area (Å²) in [6.45, 7) is 0.744. The van der Waals surface area contributed by atoms with Crippen LogP contribution in [-0.4, -0.2) is 14.6 Å². The predicted molar refractivity (Wildman–Crippen MR) is 95.1 cm³/mol. The molecule has 0 saturated carbocycles. The van der Waals surface area contributed by atoms with Gasteiger partial charge in [0.2, 0.25) is 10.1 Å². The fourth-order valence-electron chi connectivity index (χ4n) is 2.36. The molecule has 2 heterocycles. The lowest BCUT2D eigenvalue weighted by Gasteiger charge is -2.02. The lowest BCUT2D eigenvalue weighted by molar-refractivity contribution is 0.968. The van der Waals surface area contributed by atoms with Gasteiger partial charge in [0.25, 0.3) is 0 Å². The fourth-order valence-corrected chi connectivity index (χ4v) is 3.25. The van der Waals surface area contributed by atoms with E-state index in [-0.39, 0.29) is 0 Å². The van der Waals surface area contributed by atoms with Crippen molar-refractivity contribution < 1.29 is 0 Å². The fraction of sp³-hybridized carbons (Fsp3) is 0.0588. The number of imidazole rings is 1. The van der Waals surface area contributed by atoms with Crippen molar-refractivity contribution in [1.29, 1.82) is 0 Å². The molecular weight excluding hydrogens is 328 g/mol. The lowest BCUT2D eigenvalue weighted by Crippen LogP contribution is -1.99. The molecule has 23 heavy (non-hydrogen) atoms. The van der Waals surface area contributed by atoms with Gasteiger partial charge in [-0.2, -0.15) is 0 Å². The van der Waals surface area contributed by atoms with Crippen molar-refractivity contribution in [2.24, 2.45) is 0 Å². The van der Waals surface area contributed by atoms with Crippen molar-refractivity contribution in [2.45, 2.75) is 6.54 Å². The summed E-state index contributed by atoms with van der Waals surface area (Å²) in [5.74, 6) is 0. The van der Waals surface area contributed by atoms with Crippen LogP contribution in [0.5, 0.6) is 0 Å². The van der Waals surface area contributed by atoms with E-state index in [0.29, 0.717) is 0 Å².